The van der Waals surface area contributed by atoms with Gasteiger partial charge in [0.15, 0.2) is 5.69 Å². The van der Waals surface area contributed by atoms with Gasteiger partial charge in [-0.25, -0.2) is 4.79 Å². The van der Waals surface area contributed by atoms with Gasteiger partial charge in [0.25, 0.3) is 5.91 Å². The summed E-state index contributed by atoms with van der Waals surface area (Å²) in [6.07, 6.45) is -4.14. The van der Waals surface area contributed by atoms with Crippen LogP contribution in [0.25, 0.3) is 0 Å². The first-order valence-corrected chi connectivity index (χ1v) is 8.69. The zero-order valence-electron chi connectivity index (χ0n) is 15.4. The minimum Gasteiger partial charge on any atom is -0.451 e. The van der Waals surface area contributed by atoms with Gasteiger partial charge in [0, 0.05) is 25.4 Å². The molecule has 2 amide bonds. The van der Waals surface area contributed by atoms with Gasteiger partial charge in [-0.2, -0.15) is 13.2 Å². The van der Waals surface area contributed by atoms with Crippen LogP contribution in [0, 0.1) is 0 Å². The number of morpholine rings is 1. The Morgan fingerprint density at radius 1 is 1.31 bits per heavy atom. The van der Waals surface area contributed by atoms with Crippen molar-refractivity contribution in [1.82, 2.24) is 14.5 Å². The van der Waals surface area contributed by atoms with Crippen molar-refractivity contribution in [2.75, 3.05) is 45.2 Å². The molecular weight excluding hydrogens is 401 g/mol. The summed E-state index contributed by atoms with van der Waals surface area (Å²) in [6, 6.07) is -1.01. The van der Waals surface area contributed by atoms with Gasteiger partial charge in [0.2, 0.25) is 18.0 Å². The Morgan fingerprint density at radius 3 is 2.66 bits per heavy atom. The number of carbonyl (C=O) groups excluding carboxylic acids is 2. The fraction of sp³-hybridized carbons (Fsp3) is 0.562. The summed E-state index contributed by atoms with van der Waals surface area (Å²) in [4.78, 5) is 38.7. The Kier molecular flexibility index (Phi) is 5.86. The number of nitrogens with zero attached hydrogens (tertiary/aromatic N) is 3. The molecule has 1 fully saturated rings. The molecule has 2 aliphatic heterocycles. The molecule has 10 nitrogen and oxygen atoms in total. The molecule has 1 saturated heterocycles. The Hall–Kier alpha value is -2.96. The number of hydrogen-bond donors (Lipinski definition) is 1. The molecule has 1 aromatic rings. The summed E-state index contributed by atoms with van der Waals surface area (Å²) in [5.41, 5.74) is 1.43. The van der Waals surface area contributed by atoms with E-state index in [0.29, 0.717) is 31.2 Å². The molecule has 2 aliphatic rings. The van der Waals surface area contributed by atoms with Gasteiger partial charge in [-0.3, -0.25) is 14.3 Å². The number of hydrogen-bond acceptors (Lipinski definition) is 7. The Balaban J connectivity index is 1.75. The van der Waals surface area contributed by atoms with Crippen molar-refractivity contribution < 1.29 is 37.0 Å². The minimum absolute atomic E-state index is 0.328. The average Bonchev–Trinajstić information content (AvgIpc) is 2.69. The van der Waals surface area contributed by atoms with Gasteiger partial charge in [0.1, 0.15) is 12.7 Å². The molecule has 1 N–H and O–H groups in total. The molecule has 0 aromatic carbocycles. The number of fused-ring (bicyclic) bond motifs is 1. The van der Waals surface area contributed by atoms with Crippen LogP contribution in [0.1, 0.15) is 17.4 Å². The number of nitrogens with one attached hydrogen (secondary N) is 1. The molecular formula is C16H19F3N4O6. The van der Waals surface area contributed by atoms with E-state index in [-0.39, 0.29) is 0 Å². The summed E-state index contributed by atoms with van der Waals surface area (Å²) in [6.45, 7) is 1.10. The van der Waals surface area contributed by atoms with Crippen LogP contribution in [0.3, 0.4) is 0 Å². The number of carbonyl (C=O) groups is 2. The third kappa shape index (κ3) is 4.39. The number of halogens is 3. The molecule has 0 saturated carbocycles. The molecule has 0 bridgehead atoms. The maximum Gasteiger partial charge on any atom is 0.412 e. The van der Waals surface area contributed by atoms with Crippen molar-refractivity contribution >= 4 is 12.0 Å². The first-order chi connectivity index (χ1) is 13.7. The second kappa shape index (κ2) is 8.19. The molecule has 13 heteroatoms. The second-order valence-corrected chi connectivity index (χ2v) is 6.31. The highest BCUT2D eigenvalue weighted by Crippen LogP contribution is 2.28. The smallest absolute Gasteiger partial charge is 0.412 e. The van der Waals surface area contributed by atoms with E-state index < -0.39 is 54.6 Å². The molecule has 3 heterocycles. The molecule has 1 aromatic heterocycles. The summed E-state index contributed by atoms with van der Waals surface area (Å²) in [5, 5.41) is 0. The van der Waals surface area contributed by atoms with E-state index in [1.54, 1.807) is 0 Å². The second-order valence-electron chi connectivity index (χ2n) is 6.31. The summed E-state index contributed by atoms with van der Waals surface area (Å²) in [5.74, 6) is -1.56. The third-order valence-electron chi connectivity index (χ3n) is 4.53. The van der Waals surface area contributed by atoms with E-state index in [0.717, 1.165) is 17.7 Å². The van der Waals surface area contributed by atoms with Crippen molar-refractivity contribution in [3.8, 4) is 5.75 Å². The van der Waals surface area contributed by atoms with Gasteiger partial charge >= 0.3 is 12.3 Å². The number of amides is 2. The molecule has 160 valence electrons. The first-order valence-electron chi connectivity index (χ1n) is 8.69. The fourth-order valence-electron chi connectivity index (χ4n) is 2.82. The average molecular weight is 420 g/mol. The standard InChI is InChI=1S/C16H19F3N4O6/c1-10(16(17,18)19)22-8-20-23-3-2-11(24)13(12(23)14(22)25)28-9-29-15(26)21-4-6-27-7-5-21/h2-3,10,20H,4-9H2,1H3/t10-/m1/s1. The predicted molar refractivity (Wildman–Crippen MR) is 91.0 cm³/mol. The lowest BCUT2D eigenvalue weighted by Gasteiger charge is -2.36. The van der Waals surface area contributed by atoms with Crippen LogP contribution in [0.15, 0.2) is 17.1 Å². The highest BCUT2D eigenvalue weighted by molar-refractivity contribution is 5.96. The predicted octanol–water partition coefficient (Wildman–Crippen LogP) is 0.561. The monoisotopic (exact) mass is 420 g/mol. The lowest BCUT2D eigenvalue weighted by molar-refractivity contribution is -0.172. The molecule has 0 radical (unpaired) electrons. The van der Waals surface area contributed by atoms with Gasteiger partial charge in [-0.05, 0) is 6.92 Å². The molecule has 0 unspecified atom stereocenters. The maximum atomic E-state index is 13.0. The summed E-state index contributed by atoms with van der Waals surface area (Å²) in [7, 11) is 0. The van der Waals surface area contributed by atoms with Crippen molar-refractivity contribution in [2.24, 2.45) is 0 Å². The normalized spacial score (nSPS) is 18.0. The Morgan fingerprint density at radius 2 is 2.00 bits per heavy atom. The highest BCUT2D eigenvalue weighted by Gasteiger charge is 2.44. The lowest BCUT2D eigenvalue weighted by atomic mass is 10.2. The molecule has 3 rings (SSSR count). The number of aromatic nitrogens is 1. The maximum absolute atomic E-state index is 13.0. The van der Waals surface area contributed by atoms with E-state index >= 15 is 0 Å². The molecule has 0 spiro atoms. The van der Waals surface area contributed by atoms with Crippen molar-refractivity contribution in [3.63, 3.8) is 0 Å². The Bertz CT molecular complexity index is 837. The van der Waals surface area contributed by atoms with Crippen LogP contribution in [-0.2, 0) is 9.47 Å². The Labute approximate surface area is 162 Å². The van der Waals surface area contributed by atoms with Crippen LogP contribution in [0.5, 0.6) is 5.75 Å². The number of ether oxygens (including phenoxy) is 3. The van der Waals surface area contributed by atoms with Gasteiger partial charge in [-0.1, -0.05) is 0 Å². The van der Waals surface area contributed by atoms with E-state index in [9.17, 15) is 27.6 Å². The van der Waals surface area contributed by atoms with Gasteiger partial charge < -0.3 is 29.4 Å². The summed E-state index contributed by atoms with van der Waals surface area (Å²) < 4.78 is 55.4. The van der Waals surface area contributed by atoms with Crippen LogP contribution in [-0.4, -0.2) is 78.5 Å². The van der Waals surface area contributed by atoms with Crippen molar-refractivity contribution in [1.29, 1.82) is 0 Å². The van der Waals surface area contributed by atoms with Crippen LogP contribution >= 0.6 is 0 Å². The van der Waals surface area contributed by atoms with E-state index in [4.69, 9.17) is 14.2 Å². The van der Waals surface area contributed by atoms with E-state index in [1.165, 1.54) is 11.1 Å². The first kappa shape index (κ1) is 20.8. The third-order valence-corrected chi connectivity index (χ3v) is 4.53. The van der Waals surface area contributed by atoms with Crippen LogP contribution < -0.4 is 15.6 Å². The molecule has 1 atom stereocenters. The topological polar surface area (TPSA) is 102 Å². The fourth-order valence-corrected chi connectivity index (χ4v) is 2.82. The van der Waals surface area contributed by atoms with Crippen molar-refractivity contribution in [3.05, 3.63) is 28.2 Å². The largest absolute Gasteiger partial charge is 0.451 e. The quantitative estimate of drug-likeness (QED) is 0.711. The SMILES string of the molecule is C[C@@H](N1CNn2ccc(=O)c(OCOC(=O)N3CCOCC3)c2C1=O)C(F)(F)F. The zero-order chi connectivity index (χ0) is 21.2. The minimum atomic E-state index is -4.65. The van der Waals surface area contributed by atoms with E-state index in [1.807, 2.05) is 0 Å². The summed E-state index contributed by atoms with van der Waals surface area (Å²) >= 11 is 0. The van der Waals surface area contributed by atoms with E-state index in [2.05, 4.69) is 5.43 Å². The molecule has 29 heavy (non-hydrogen) atoms. The van der Waals surface area contributed by atoms with Crippen molar-refractivity contribution in [2.45, 2.75) is 19.1 Å². The number of rotatable bonds is 4. The highest BCUT2D eigenvalue weighted by atomic mass is 19.4. The van der Waals surface area contributed by atoms with Gasteiger partial charge in [-0.15, -0.1) is 0 Å². The lowest BCUT2D eigenvalue weighted by Crippen LogP contribution is -2.54. The van der Waals surface area contributed by atoms with Gasteiger partial charge in [0.05, 0.1) is 13.2 Å². The zero-order valence-corrected chi connectivity index (χ0v) is 15.4. The van der Waals surface area contributed by atoms with Crippen LogP contribution in [0.4, 0.5) is 18.0 Å². The number of pyridine rings is 1. The molecule has 0 aliphatic carbocycles. The number of alkyl halides is 3. The van der Waals surface area contributed by atoms with Crippen LogP contribution in [0.2, 0.25) is 0 Å².